The number of anilines is 2. The lowest BCUT2D eigenvalue weighted by Gasteiger charge is -2.23. The normalized spacial score (nSPS) is 11.9. The minimum absolute atomic E-state index is 0.0620. The average molecular weight is 405 g/mol. The fraction of sp³-hybridized carbons (Fsp3) is 0.381. The Balaban J connectivity index is 2.36. The molecule has 0 aromatic heterocycles. The maximum atomic E-state index is 12.7. The molecular formula is C21H28N2O4S. The van der Waals surface area contributed by atoms with Gasteiger partial charge < -0.3 is 10.0 Å². The Morgan fingerprint density at radius 1 is 1.04 bits per heavy atom. The average Bonchev–Trinajstić information content (AvgIpc) is 2.62. The van der Waals surface area contributed by atoms with Crippen LogP contribution < -0.4 is 9.62 Å². The lowest BCUT2D eigenvalue weighted by Crippen LogP contribution is -2.24. The number of hydrogen-bond donors (Lipinski definition) is 2. The van der Waals surface area contributed by atoms with Gasteiger partial charge in [-0.25, -0.2) is 13.2 Å². The summed E-state index contributed by atoms with van der Waals surface area (Å²) in [6.07, 6.45) is 0. The minimum Gasteiger partial charge on any atom is -0.478 e. The smallest absolute Gasteiger partial charge is 0.337 e. The van der Waals surface area contributed by atoms with Crippen LogP contribution in [-0.4, -0.2) is 32.6 Å². The molecule has 0 radical (unpaired) electrons. The van der Waals surface area contributed by atoms with Crippen LogP contribution in [0, 0.1) is 0 Å². The van der Waals surface area contributed by atoms with Gasteiger partial charge in [0.1, 0.15) is 0 Å². The fourth-order valence-corrected chi connectivity index (χ4v) is 4.01. The number of nitrogens with zero attached hydrogens (tertiary/aromatic N) is 1. The van der Waals surface area contributed by atoms with Crippen molar-refractivity contribution < 1.29 is 18.3 Å². The molecule has 0 fully saturated rings. The molecule has 7 heteroatoms. The van der Waals surface area contributed by atoms with E-state index in [-0.39, 0.29) is 21.6 Å². The Hall–Kier alpha value is -2.54. The number of rotatable bonds is 7. The van der Waals surface area contributed by atoms with Crippen molar-refractivity contribution in [1.29, 1.82) is 0 Å². The molecule has 0 saturated heterocycles. The van der Waals surface area contributed by atoms with Crippen molar-refractivity contribution in [2.75, 3.05) is 22.7 Å². The molecule has 0 unspecified atom stereocenters. The lowest BCUT2D eigenvalue weighted by molar-refractivity contribution is 0.0697. The van der Waals surface area contributed by atoms with Gasteiger partial charge >= 0.3 is 5.97 Å². The standard InChI is InChI=1S/C21H28N2O4S/c1-6-23(7-2)19-13-10-16(14-18(19)20(24)25)22-28(26,27)17-11-8-15(9-12-17)21(3,4)5/h8-14,22H,6-7H2,1-5H3,(H,24,25). The van der Waals surface area contributed by atoms with Gasteiger partial charge in [0.25, 0.3) is 10.0 Å². The van der Waals surface area contributed by atoms with Crippen LogP contribution in [0.15, 0.2) is 47.4 Å². The van der Waals surface area contributed by atoms with Gasteiger partial charge in [-0.05, 0) is 55.2 Å². The summed E-state index contributed by atoms with van der Waals surface area (Å²) < 4.78 is 27.9. The molecular weight excluding hydrogens is 376 g/mol. The first-order valence-corrected chi connectivity index (χ1v) is 10.7. The van der Waals surface area contributed by atoms with Crippen LogP contribution in [0.1, 0.15) is 50.5 Å². The molecule has 0 amide bonds. The summed E-state index contributed by atoms with van der Waals surface area (Å²) in [5.74, 6) is -1.10. The highest BCUT2D eigenvalue weighted by Gasteiger charge is 2.20. The van der Waals surface area contributed by atoms with E-state index in [0.29, 0.717) is 18.8 Å². The zero-order chi connectivity index (χ0) is 21.1. The number of carboxylic acids is 1. The first-order chi connectivity index (χ1) is 13.0. The zero-order valence-corrected chi connectivity index (χ0v) is 17.8. The molecule has 2 aromatic rings. The van der Waals surface area contributed by atoms with Gasteiger partial charge in [0.15, 0.2) is 0 Å². The molecule has 2 rings (SSSR count). The van der Waals surface area contributed by atoms with Gasteiger partial charge in [0.05, 0.1) is 16.1 Å². The van der Waals surface area contributed by atoms with E-state index in [0.717, 1.165) is 5.56 Å². The Labute approximate surface area is 167 Å². The molecule has 0 atom stereocenters. The van der Waals surface area contributed by atoms with Gasteiger partial charge in [-0.15, -0.1) is 0 Å². The summed E-state index contributed by atoms with van der Waals surface area (Å²) >= 11 is 0. The Morgan fingerprint density at radius 2 is 1.61 bits per heavy atom. The molecule has 0 aliphatic heterocycles. The second-order valence-corrected chi connectivity index (χ2v) is 9.27. The van der Waals surface area contributed by atoms with Gasteiger partial charge in [-0.1, -0.05) is 32.9 Å². The van der Waals surface area contributed by atoms with Gasteiger partial charge in [-0.3, -0.25) is 4.72 Å². The van der Waals surface area contributed by atoms with Gasteiger partial charge in [-0.2, -0.15) is 0 Å². The summed E-state index contributed by atoms with van der Waals surface area (Å²) in [7, 11) is -3.82. The molecule has 28 heavy (non-hydrogen) atoms. The predicted octanol–water partition coefficient (Wildman–Crippen LogP) is 4.33. The predicted molar refractivity (Wildman–Crippen MR) is 113 cm³/mol. The van der Waals surface area contributed by atoms with Crippen LogP contribution in [0.3, 0.4) is 0 Å². The third-order valence-corrected chi connectivity index (χ3v) is 6.01. The molecule has 0 saturated carbocycles. The summed E-state index contributed by atoms with van der Waals surface area (Å²) in [5, 5.41) is 9.55. The van der Waals surface area contributed by atoms with E-state index in [1.807, 2.05) is 18.7 Å². The Morgan fingerprint density at radius 3 is 2.07 bits per heavy atom. The summed E-state index contributed by atoms with van der Waals surface area (Å²) in [5.41, 5.74) is 1.80. The van der Waals surface area contributed by atoms with Crippen molar-refractivity contribution in [3.8, 4) is 0 Å². The summed E-state index contributed by atoms with van der Waals surface area (Å²) in [4.78, 5) is 13.7. The maximum absolute atomic E-state index is 12.7. The van der Waals surface area contributed by atoms with Gasteiger partial charge in [0, 0.05) is 18.8 Å². The monoisotopic (exact) mass is 404 g/mol. The topological polar surface area (TPSA) is 86.7 Å². The Bertz CT molecular complexity index is 941. The lowest BCUT2D eigenvalue weighted by atomic mass is 9.87. The summed E-state index contributed by atoms with van der Waals surface area (Å²) in [6.45, 7) is 11.4. The van der Waals surface area contributed by atoms with Crippen molar-refractivity contribution in [3.05, 3.63) is 53.6 Å². The first-order valence-electron chi connectivity index (χ1n) is 9.25. The number of hydrogen-bond acceptors (Lipinski definition) is 4. The minimum atomic E-state index is -3.82. The molecule has 0 spiro atoms. The molecule has 6 nitrogen and oxygen atoms in total. The van der Waals surface area contributed by atoms with Crippen LogP contribution in [0.2, 0.25) is 0 Å². The highest BCUT2D eigenvalue weighted by Crippen LogP contribution is 2.27. The third kappa shape index (κ3) is 4.84. The molecule has 152 valence electrons. The van der Waals surface area contributed by atoms with E-state index in [2.05, 4.69) is 25.5 Å². The Kier molecular flexibility index (Phi) is 6.39. The zero-order valence-electron chi connectivity index (χ0n) is 17.0. The third-order valence-electron chi connectivity index (χ3n) is 4.61. The van der Waals surface area contributed by atoms with E-state index in [1.54, 1.807) is 36.4 Å². The highest BCUT2D eigenvalue weighted by molar-refractivity contribution is 7.92. The van der Waals surface area contributed by atoms with Crippen LogP contribution in [0.4, 0.5) is 11.4 Å². The molecule has 2 N–H and O–H groups in total. The number of carbonyl (C=O) groups is 1. The molecule has 0 aliphatic carbocycles. The SMILES string of the molecule is CCN(CC)c1ccc(NS(=O)(=O)c2ccc(C(C)(C)C)cc2)cc1C(=O)O. The van der Waals surface area contributed by atoms with E-state index >= 15 is 0 Å². The van der Waals surface area contributed by atoms with Crippen LogP contribution in [-0.2, 0) is 15.4 Å². The number of aromatic carboxylic acids is 1. The number of nitrogens with one attached hydrogen (secondary N) is 1. The first kappa shape index (κ1) is 21.8. The number of sulfonamides is 1. The summed E-state index contributed by atoms with van der Waals surface area (Å²) in [6, 6.07) is 11.3. The van der Waals surface area contributed by atoms with E-state index < -0.39 is 16.0 Å². The molecule has 0 bridgehead atoms. The second-order valence-electron chi connectivity index (χ2n) is 7.59. The van der Waals surface area contributed by atoms with E-state index in [1.165, 1.54) is 6.07 Å². The van der Waals surface area contributed by atoms with Gasteiger partial charge in [0.2, 0.25) is 0 Å². The fourth-order valence-electron chi connectivity index (χ4n) is 2.96. The largest absolute Gasteiger partial charge is 0.478 e. The van der Waals surface area contributed by atoms with Crippen molar-refractivity contribution in [2.45, 2.75) is 44.9 Å². The number of benzene rings is 2. The van der Waals surface area contributed by atoms with Crippen LogP contribution in [0.5, 0.6) is 0 Å². The maximum Gasteiger partial charge on any atom is 0.337 e. The van der Waals surface area contributed by atoms with E-state index in [4.69, 9.17) is 0 Å². The van der Waals surface area contributed by atoms with Crippen molar-refractivity contribution >= 4 is 27.4 Å². The second kappa shape index (κ2) is 8.22. The van der Waals surface area contributed by atoms with Crippen molar-refractivity contribution in [3.63, 3.8) is 0 Å². The molecule has 0 aliphatic rings. The van der Waals surface area contributed by atoms with E-state index in [9.17, 15) is 18.3 Å². The quantitative estimate of drug-likeness (QED) is 0.717. The van der Waals surface area contributed by atoms with Crippen molar-refractivity contribution in [2.24, 2.45) is 0 Å². The van der Waals surface area contributed by atoms with Crippen molar-refractivity contribution in [1.82, 2.24) is 0 Å². The highest BCUT2D eigenvalue weighted by atomic mass is 32.2. The molecule has 2 aromatic carbocycles. The molecule has 0 heterocycles. The number of carboxylic acid groups (broad SMARTS) is 1. The van der Waals surface area contributed by atoms with Crippen LogP contribution in [0.25, 0.3) is 0 Å². The van der Waals surface area contributed by atoms with Crippen LogP contribution >= 0.6 is 0 Å².